The molecular formula is C11H12F4N2O3S. The molecule has 21 heavy (non-hydrogen) atoms. The number of sulfonamides is 1. The Labute approximate surface area is 118 Å². The number of primary sulfonamides is 1. The van der Waals surface area contributed by atoms with Gasteiger partial charge in [-0.05, 0) is 24.6 Å². The molecule has 5 nitrogen and oxygen atoms in total. The van der Waals surface area contributed by atoms with Crippen LogP contribution in [0.1, 0.15) is 22.3 Å². The van der Waals surface area contributed by atoms with Crippen LogP contribution in [0.3, 0.4) is 0 Å². The zero-order valence-corrected chi connectivity index (χ0v) is 11.4. The van der Waals surface area contributed by atoms with E-state index in [4.69, 9.17) is 5.14 Å². The van der Waals surface area contributed by atoms with Crippen molar-refractivity contribution in [2.45, 2.75) is 12.6 Å². The number of benzene rings is 1. The molecule has 0 atom stereocenters. The minimum Gasteiger partial charge on any atom is -0.352 e. The SMILES string of the molecule is NS(=O)(=O)CCCNC(=O)c1ccc(F)c(C(F)(F)F)c1. The molecule has 0 radical (unpaired) electrons. The number of hydrogen-bond acceptors (Lipinski definition) is 3. The van der Waals surface area contributed by atoms with Crippen molar-refractivity contribution in [3.8, 4) is 0 Å². The summed E-state index contributed by atoms with van der Waals surface area (Å²) >= 11 is 0. The fraction of sp³-hybridized carbons (Fsp3) is 0.364. The molecule has 1 aromatic rings. The molecule has 1 amide bonds. The van der Waals surface area contributed by atoms with Crippen molar-refractivity contribution in [1.29, 1.82) is 0 Å². The van der Waals surface area contributed by atoms with Gasteiger partial charge in [0.2, 0.25) is 10.0 Å². The minimum absolute atomic E-state index is 0.0118. The molecule has 0 heterocycles. The average molecular weight is 328 g/mol. The molecule has 0 fully saturated rings. The zero-order chi connectivity index (χ0) is 16.3. The summed E-state index contributed by atoms with van der Waals surface area (Å²) in [6, 6.07) is 1.84. The number of halogens is 4. The molecule has 0 unspecified atom stereocenters. The first kappa shape index (κ1) is 17.4. The smallest absolute Gasteiger partial charge is 0.352 e. The van der Waals surface area contributed by atoms with E-state index in [1.165, 1.54) is 0 Å². The van der Waals surface area contributed by atoms with Gasteiger partial charge in [-0.2, -0.15) is 13.2 Å². The van der Waals surface area contributed by atoms with E-state index in [0.717, 1.165) is 6.07 Å². The van der Waals surface area contributed by atoms with E-state index in [2.05, 4.69) is 5.32 Å². The van der Waals surface area contributed by atoms with E-state index in [-0.39, 0.29) is 24.3 Å². The molecule has 0 aliphatic rings. The quantitative estimate of drug-likeness (QED) is 0.630. The Morgan fingerprint density at radius 1 is 1.29 bits per heavy atom. The van der Waals surface area contributed by atoms with E-state index in [1.54, 1.807) is 0 Å². The van der Waals surface area contributed by atoms with E-state index in [9.17, 15) is 30.8 Å². The number of nitrogens with two attached hydrogens (primary N) is 1. The third-order valence-electron chi connectivity index (χ3n) is 2.43. The van der Waals surface area contributed by atoms with Crippen LogP contribution in [-0.2, 0) is 16.2 Å². The van der Waals surface area contributed by atoms with Crippen LogP contribution in [0, 0.1) is 5.82 Å². The normalized spacial score (nSPS) is 12.2. The number of rotatable bonds is 5. The number of nitrogens with one attached hydrogen (secondary N) is 1. The van der Waals surface area contributed by atoms with Crippen molar-refractivity contribution < 1.29 is 30.8 Å². The van der Waals surface area contributed by atoms with E-state index < -0.39 is 33.5 Å². The monoisotopic (exact) mass is 328 g/mol. The third-order valence-corrected chi connectivity index (χ3v) is 3.28. The van der Waals surface area contributed by atoms with Crippen molar-refractivity contribution in [3.05, 3.63) is 35.1 Å². The minimum atomic E-state index is -4.91. The van der Waals surface area contributed by atoms with E-state index in [0.29, 0.717) is 12.1 Å². The summed E-state index contributed by atoms with van der Waals surface area (Å²) in [6.07, 6.45) is -4.90. The number of carbonyl (C=O) groups excluding carboxylic acids is 1. The molecule has 3 N–H and O–H groups in total. The van der Waals surface area contributed by atoms with Gasteiger partial charge in [0.05, 0.1) is 11.3 Å². The van der Waals surface area contributed by atoms with Crippen LogP contribution in [0.4, 0.5) is 17.6 Å². The molecule has 0 bridgehead atoms. The summed E-state index contributed by atoms with van der Waals surface area (Å²) in [5.41, 5.74) is -1.92. The lowest BCUT2D eigenvalue weighted by atomic mass is 10.1. The maximum atomic E-state index is 13.0. The van der Waals surface area contributed by atoms with Gasteiger partial charge in [0.1, 0.15) is 5.82 Å². The summed E-state index contributed by atoms with van der Waals surface area (Å²) in [7, 11) is -3.67. The first-order valence-electron chi connectivity index (χ1n) is 5.66. The molecule has 0 aliphatic heterocycles. The second kappa shape index (κ2) is 6.39. The molecular weight excluding hydrogens is 316 g/mol. The largest absolute Gasteiger partial charge is 0.419 e. The summed E-state index contributed by atoms with van der Waals surface area (Å²) in [5.74, 6) is -2.71. The Morgan fingerprint density at radius 2 is 1.90 bits per heavy atom. The maximum Gasteiger partial charge on any atom is 0.419 e. The highest BCUT2D eigenvalue weighted by Gasteiger charge is 2.34. The van der Waals surface area contributed by atoms with Crippen molar-refractivity contribution in [2.24, 2.45) is 5.14 Å². The number of carbonyl (C=O) groups is 1. The molecule has 10 heteroatoms. The molecule has 0 aromatic heterocycles. The van der Waals surface area contributed by atoms with Gasteiger partial charge in [-0.15, -0.1) is 0 Å². The van der Waals surface area contributed by atoms with Crippen molar-refractivity contribution in [2.75, 3.05) is 12.3 Å². The van der Waals surface area contributed by atoms with Gasteiger partial charge in [-0.3, -0.25) is 4.79 Å². The second-order valence-electron chi connectivity index (χ2n) is 4.17. The van der Waals surface area contributed by atoms with E-state index in [1.807, 2.05) is 0 Å². The molecule has 1 aromatic carbocycles. The number of hydrogen-bond donors (Lipinski definition) is 2. The molecule has 0 saturated carbocycles. The van der Waals surface area contributed by atoms with Gasteiger partial charge in [-0.25, -0.2) is 17.9 Å². The molecule has 0 saturated heterocycles. The summed E-state index contributed by atoms with van der Waals surface area (Å²) in [5, 5.41) is 6.96. The van der Waals surface area contributed by atoms with Crippen LogP contribution in [0.2, 0.25) is 0 Å². The second-order valence-corrected chi connectivity index (χ2v) is 5.90. The fourth-order valence-corrected chi connectivity index (χ4v) is 2.01. The van der Waals surface area contributed by atoms with Crippen LogP contribution in [0.5, 0.6) is 0 Å². The van der Waals surface area contributed by atoms with Gasteiger partial charge in [0.15, 0.2) is 0 Å². The maximum absolute atomic E-state index is 13.0. The Morgan fingerprint density at radius 3 is 2.43 bits per heavy atom. The summed E-state index contributed by atoms with van der Waals surface area (Å²) in [6.45, 7) is -0.0893. The highest BCUT2D eigenvalue weighted by molar-refractivity contribution is 7.89. The fourth-order valence-electron chi connectivity index (χ4n) is 1.46. The van der Waals surface area contributed by atoms with Gasteiger partial charge >= 0.3 is 6.18 Å². The van der Waals surface area contributed by atoms with Gasteiger partial charge in [-0.1, -0.05) is 0 Å². The van der Waals surface area contributed by atoms with Gasteiger partial charge < -0.3 is 5.32 Å². The lowest BCUT2D eigenvalue weighted by molar-refractivity contribution is -0.140. The van der Waals surface area contributed by atoms with E-state index >= 15 is 0 Å². The van der Waals surface area contributed by atoms with Gasteiger partial charge in [0, 0.05) is 12.1 Å². The van der Waals surface area contributed by atoms with Crippen LogP contribution in [0.15, 0.2) is 18.2 Å². The Balaban J connectivity index is 2.71. The molecule has 0 spiro atoms. The topological polar surface area (TPSA) is 89.3 Å². The van der Waals surface area contributed by atoms with Crippen molar-refractivity contribution >= 4 is 15.9 Å². The summed E-state index contributed by atoms with van der Waals surface area (Å²) < 4.78 is 71.7. The van der Waals surface area contributed by atoms with Crippen molar-refractivity contribution in [3.63, 3.8) is 0 Å². The first-order valence-corrected chi connectivity index (χ1v) is 7.37. The van der Waals surface area contributed by atoms with Crippen LogP contribution >= 0.6 is 0 Å². The van der Waals surface area contributed by atoms with Crippen LogP contribution < -0.4 is 10.5 Å². The van der Waals surface area contributed by atoms with Crippen LogP contribution in [-0.4, -0.2) is 26.6 Å². The van der Waals surface area contributed by atoms with Crippen LogP contribution in [0.25, 0.3) is 0 Å². The molecule has 1 rings (SSSR count). The van der Waals surface area contributed by atoms with Gasteiger partial charge in [0.25, 0.3) is 5.91 Å². The number of alkyl halides is 3. The summed E-state index contributed by atoms with van der Waals surface area (Å²) in [4.78, 5) is 11.6. The Hall–Kier alpha value is -1.68. The zero-order valence-electron chi connectivity index (χ0n) is 10.6. The predicted molar refractivity (Wildman–Crippen MR) is 66.3 cm³/mol. The standard InChI is InChI=1S/C11H12F4N2O3S/c12-9-3-2-7(6-8(9)11(13,14)15)10(18)17-4-1-5-21(16,19)20/h2-3,6H,1,4-5H2,(H,17,18)(H2,16,19,20). The first-order chi connectivity index (χ1) is 9.50. The average Bonchev–Trinajstić information content (AvgIpc) is 2.32. The Bertz CT molecular complexity index is 629. The molecule has 0 aliphatic carbocycles. The molecule has 118 valence electrons. The predicted octanol–water partition coefficient (Wildman–Crippen LogP) is 1.25. The highest BCUT2D eigenvalue weighted by Crippen LogP contribution is 2.31. The Kier molecular flexibility index (Phi) is 5.29. The lowest BCUT2D eigenvalue weighted by Crippen LogP contribution is -2.27. The highest BCUT2D eigenvalue weighted by atomic mass is 32.2. The lowest BCUT2D eigenvalue weighted by Gasteiger charge is -2.10. The number of amides is 1. The third kappa shape index (κ3) is 5.68. The van der Waals surface area contributed by atoms with Crippen molar-refractivity contribution in [1.82, 2.24) is 5.32 Å².